The summed E-state index contributed by atoms with van der Waals surface area (Å²) in [5.41, 5.74) is 3.42. The number of aromatic nitrogens is 2. The summed E-state index contributed by atoms with van der Waals surface area (Å²) in [6.07, 6.45) is 1.69. The minimum absolute atomic E-state index is 0.0337. The average Bonchev–Trinajstić information content (AvgIpc) is 2.90. The zero-order valence-electron chi connectivity index (χ0n) is 16.2. The first-order chi connectivity index (χ1) is 12.9. The molecule has 0 spiro atoms. The topological polar surface area (TPSA) is 79.3 Å². The van der Waals surface area contributed by atoms with Crippen LogP contribution in [-0.4, -0.2) is 45.6 Å². The van der Waals surface area contributed by atoms with Crippen LogP contribution in [0.5, 0.6) is 0 Å². The van der Waals surface area contributed by atoms with Crippen molar-refractivity contribution in [3.63, 3.8) is 0 Å². The van der Waals surface area contributed by atoms with Crippen molar-refractivity contribution in [2.24, 2.45) is 7.05 Å². The maximum absolute atomic E-state index is 12.3. The molecule has 7 nitrogen and oxygen atoms in total. The first-order valence-corrected chi connectivity index (χ1v) is 9.32. The van der Waals surface area contributed by atoms with E-state index in [0.717, 1.165) is 38.2 Å². The first-order valence-electron chi connectivity index (χ1n) is 9.32. The van der Waals surface area contributed by atoms with Gasteiger partial charge >= 0.3 is 11.8 Å². The molecule has 3 rings (SSSR count). The van der Waals surface area contributed by atoms with Gasteiger partial charge in [0.25, 0.3) is 0 Å². The summed E-state index contributed by atoms with van der Waals surface area (Å²) in [7, 11) is 1.81. The van der Waals surface area contributed by atoms with Crippen LogP contribution in [0.15, 0.2) is 30.3 Å². The number of carbonyl (C=O) groups is 2. The summed E-state index contributed by atoms with van der Waals surface area (Å²) in [4.78, 5) is 26.9. The molecule has 27 heavy (non-hydrogen) atoms. The summed E-state index contributed by atoms with van der Waals surface area (Å²) in [5, 5.41) is 9.80. The molecule has 1 fully saturated rings. The monoisotopic (exact) mass is 369 g/mol. The fourth-order valence-corrected chi connectivity index (χ4v) is 3.45. The van der Waals surface area contributed by atoms with Crippen LogP contribution in [-0.2, 0) is 23.2 Å². The van der Waals surface area contributed by atoms with Crippen LogP contribution in [0.3, 0.4) is 0 Å². The Hall–Kier alpha value is -2.67. The number of carbonyl (C=O) groups excluding carboxylic acids is 2. The lowest BCUT2D eigenvalue weighted by Gasteiger charge is -2.32. The van der Waals surface area contributed by atoms with E-state index in [2.05, 4.69) is 32.8 Å². The van der Waals surface area contributed by atoms with Crippen LogP contribution in [0.25, 0.3) is 0 Å². The fourth-order valence-electron chi connectivity index (χ4n) is 3.45. The second kappa shape index (κ2) is 8.35. The van der Waals surface area contributed by atoms with Gasteiger partial charge in [-0.1, -0.05) is 30.3 Å². The molecule has 0 saturated carbocycles. The number of likely N-dealkylation sites (tertiary alicyclic amines) is 1. The molecule has 1 aromatic heterocycles. The van der Waals surface area contributed by atoms with Crippen molar-refractivity contribution in [2.75, 3.05) is 18.4 Å². The van der Waals surface area contributed by atoms with E-state index in [0.29, 0.717) is 11.4 Å². The van der Waals surface area contributed by atoms with Crippen LogP contribution in [0.1, 0.15) is 29.8 Å². The normalized spacial score (nSPS) is 15.5. The lowest BCUT2D eigenvalue weighted by atomic mass is 10.0. The van der Waals surface area contributed by atoms with Gasteiger partial charge in [0.05, 0.1) is 17.1 Å². The lowest BCUT2D eigenvalue weighted by Crippen LogP contribution is -2.47. The van der Waals surface area contributed by atoms with E-state index in [1.54, 1.807) is 11.7 Å². The predicted molar refractivity (Wildman–Crippen MR) is 104 cm³/mol. The van der Waals surface area contributed by atoms with E-state index >= 15 is 0 Å². The summed E-state index contributed by atoms with van der Waals surface area (Å²) in [6, 6.07) is 10.4. The van der Waals surface area contributed by atoms with Gasteiger partial charge in [-0.05, 0) is 32.3 Å². The summed E-state index contributed by atoms with van der Waals surface area (Å²) in [5.74, 6) is -1.22. The van der Waals surface area contributed by atoms with Crippen molar-refractivity contribution in [3.8, 4) is 0 Å². The number of hydrogen-bond acceptors (Lipinski definition) is 4. The first kappa shape index (κ1) is 19.1. The van der Waals surface area contributed by atoms with E-state index in [-0.39, 0.29) is 6.04 Å². The lowest BCUT2D eigenvalue weighted by molar-refractivity contribution is -0.136. The van der Waals surface area contributed by atoms with Crippen molar-refractivity contribution >= 4 is 17.5 Å². The van der Waals surface area contributed by atoms with Gasteiger partial charge < -0.3 is 10.6 Å². The molecule has 2 aromatic rings. The molecule has 0 atom stereocenters. The molecule has 0 aliphatic carbocycles. The number of anilines is 1. The fraction of sp³-hybridized carbons (Fsp3) is 0.450. The molecule has 2 N–H and O–H groups in total. The number of rotatable bonds is 4. The summed E-state index contributed by atoms with van der Waals surface area (Å²) >= 11 is 0. The van der Waals surface area contributed by atoms with Gasteiger partial charge in [0.2, 0.25) is 0 Å². The van der Waals surface area contributed by atoms with E-state index in [1.807, 2.05) is 32.0 Å². The zero-order chi connectivity index (χ0) is 19.4. The van der Waals surface area contributed by atoms with Crippen LogP contribution >= 0.6 is 0 Å². The Morgan fingerprint density at radius 1 is 1.11 bits per heavy atom. The Morgan fingerprint density at radius 2 is 1.78 bits per heavy atom. The van der Waals surface area contributed by atoms with E-state index in [9.17, 15) is 9.59 Å². The number of nitrogens with one attached hydrogen (secondary N) is 2. The minimum Gasteiger partial charge on any atom is -0.345 e. The number of nitrogens with zero attached hydrogens (tertiary/aromatic N) is 3. The highest BCUT2D eigenvalue weighted by Crippen LogP contribution is 2.18. The predicted octanol–water partition coefficient (Wildman–Crippen LogP) is 1.76. The minimum atomic E-state index is -0.638. The van der Waals surface area contributed by atoms with Gasteiger partial charge in [-0.3, -0.25) is 19.2 Å². The Morgan fingerprint density at radius 3 is 2.37 bits per heavy atom. The largest absolute Gasteiger partial charge is 0.345 e. The molecule has 0 radical (unpaired) electrons. The van der Waals surface area contributed by atoms with Crippen molar-refractivity contribution in [3.05, 3.63) is 47.3 Å². The molecule has 0 unspecified atom stereocenters. The third kappa shape index (κ3) is 4.74. The highest BCUT2D eigenvalue weighted by molar-refractivity contribution is 6.39. The van der Waals surface area contributed by atoms with Crippen molar-refractivity contribution in [1.82, 2.24) is 20.0 Å². The number of amides is 2. The quantitative estimate of drug-likeness (QED) is 0.805. The SMILES string of the molecule is Cc1nn(C)c(C)c1NC(=O)C(=O)NC1CCN(Cc2ccccc2)CC1. The zero-order valence-corrected chi connectivity index (χ0v) is 16.2. The molecule has 2 heterocycles. The smallest absolute Gasteiger partial charge is 0.313 e. The molecule has 1 saturated heterocycles. The highest BCUT2D eigenvalue weighted by Gasteiger charge is 2.24. The molecule has 1 aliphatic heterocycles. The Balaban J connectivity index is 1.47. The van der Waals surface area contributed by atoms with Crippen LogP contribution in [0.2, 0.25) is 0 Å². The Kier molecular flexibility index (Phi) is 5.91. The van der Waals surface area contributed by atoms with Gasteiger partial charge in [-0.15, -0.1) is 0 Å². The number of aryl methyl sites for hydroxylation is 2. The molecular formula is C20H27N5O2. The molecule has 1 aromatic carbocycles. The van der Waals surface area contributed by atoms with Crippen molar-refractivity contribution < 1.29 is 9.59 Å². The van der Waals surface area contributed by atoms with Crippen LogP contribution in [0.4, 0.5) is 5.69 Å². The third-order valence-corrected chi connectivity index (χ3v) is 5.13. The highest BCUT2D eigenvalue weighted by atomic mass is 16.2. The van der Waals surface area contributed by atoms with E-state index in [1.165, 1.54) is 5.56 Å². The molecule has 144 valence electrons. The molecular weight excluding hydrogens is 342 g/mol. The van der Waals surface area contributed by atoms with Gasteiger partial charge in [0.1, 0.15) is 0 Å². The number of benzene rings is 1. The number of piperidine rings is 1. The Labute approximate surface area is 159 Å². The molecule has 0 bridgehead atoms. The van der Waals surface area contributed by atoms with Crippen molar-refractivity contribution in [1.29, 1.82) is 0 Å². The molecule has 7 heteroatoms. The molecule has 2 amide bonds. The van der Waals surface area contributed by atoms with Gasteiger partial charge in [0.15, 0.2) is 0 Å². The average molecular weight is 369 g/mol. The maximum Gasteiger partial charge on any atom is 0.313 e. The third-order valence-electron chi connectivity index (χ3n) is 5.13. The summed E-state index contributed by atoms with van der Waals surface area (Å²) < 4.78 is 1.69. The van der Waals surface area contributed by atoms with Gasteiger partial charge in [-0.25, -0.2) is 0 Å². The summed E-state index contributed by atoms with van der Waals surface area (Å²) in [6.45, 7) is 6.39. The van der Waals surface area contributed by atoms with E-state index in [4.69, 9.17) is 0 Å². The van der Waals surface area contributed by atoms with Gasteiger partial charge in [0, 0.05) is 32.7 Å². The Bertz CT molecular complexity index is 807. The van der Waals surface area contributed by atoms with Crippen LogP contribution < -0.4 is 10.6 Å². The maximum atomic E-state index is 12.3. The van der Waals surface area contributed by atoms with Crippen LogP contribution in [0, 0.1) is 13.8 Å². The van der Waals surface area contributed by atoms with E-state index < -0.39 is 11.8 Å². The molecule has 1 aliphatic rings. The second-order valence-corrected chi connectivity index (χ2v) is 7.13. The second-order valence-electron chi connectivity index (χ2n) is 7.13. The van der Waals surface area contributed by atoms with Crippen molar-refractivity contribution in [2.45, 2.75) is 39.3 Å². The standard InChI is InChI=1S/C20H27N5O2/c1-14-18(15(2)24(3)23-14)22-20(27)19(26)21-17-9-11-25(12-10-17)13-16-7-5-4-6-8-16/h4-8,17H,9-13H2,1-3H3,(H,21,26)(H,22,27). The number of hydrogen-bond donors (Lipinski definition) is 2. The van der Waals surface area contributed by atoms with Gasteiger partial charge in [-0.2, -0.15) is 5.10 Å².